The zero-order valence-electron chi connectivity index (χ0n) is 12.7. The third-order valence-electron chi connectivity index (χ3n) is 3.82. The molecule has 0 radical (unpaired) electrons. The van der Waals surface area contributed by atoms with Crippen LogP contribution in [0.2, 0.25) is 0 Å². The average molecular weight is 354 g/mol. The lowest BCUT2D eigenvalue weighted by Crippen LogP contribution is -2.43. The van der Waals surface area contributed by atoms with Gasteiger partial charge in [-0.15, -0.1) is 11.3 Å². The lowest BCUT2D eigenvalue weighted by molar-refractivity contribution is -0.120. The number of hydrogen-bond donors (Lipinski definition) is 1. The second kappa shape index (κ2) is 6.42. The quantitative estimate of drug-likeness (QED) is 0.902. The monoisotopic (exact) mass is 354 g/mol. The van der Waals surface area contributed by atoms with E-state index in [1.54, 1.807) is 41.6 Å². The van der Waals surface area contributed by atoms with Crippen LogP contribution in [0.4, 0.5) is 5.69 Å². The molecule has 0 unspecified atom stereocenters. The molecule has 2 aromatic rings. The number of rotatable bonds is 4. The molecule has 0 saturated carbocycles. The fourth-order valence-corrected chi connectivity index (χ4v) is 5.31. The zero-order valence-corrected chi connectivity index (χ0v) is 14.3. The number of aryl methyl sites for hydroxylation is 1. The molecule has 1 aliphatic rings. The van der Waals surface area contributed by atoms with Crippen molar-refractivity contribution < 1.29 is 13.2 Å². The standard InChI is InChI=1S/C14H18N4O3S2/c1-17-10-12(8-15-17)16-14(19)11-4-2-6-18(9-11)23(20,21)13-5-3-7-22-13/h3,5,7-8,10-11H,2,4,6,9H2,1H3,(H,16,19)/t11-/m1/s1. The van der Waals surface area contributed by atoms with E-state index in [2.05, 4.69) is 10.4 Å². The molecule has 1 fully saturated rings. The highest BCUT2D eigenvalue weighted by atomic mass is 32.2. The van der Waals surface area contributed by atoms with Crippen molar-refractivity contribution in [1.29, 1.82) is 0 Å². The van der Waals surface area contributed by atoms with Gasteiger partial charge in [0.25, 0.3) is 10.0 Å². The van der Waals surface area contributed by atoms with Gasteiger partial charge in [-0.1, -0.05) is 6.07 Å². The molecule has 124 valence electrons. The van der Waals surface area contributed by atoms with Crippen molar-refractivity contribution in [2.75, 3.05) is 18.4 Å². The van der Waals surface area contributed by atoms with Crippen molar-refractivity contribution >= 4 is 33.0 Å². The van der Waals surface area contributed by atoms with Gasteiger partial charge in [0.1, 0.15) is 4.21 Å². The van der Waals surface area contributed by atoms with Crippen LogP contribution in [0.15, 0.2) is 34.1 Å². The summed E-state index contributed by atoms with van der Waals surface area (Å²) in [6.07, 6.45) is 4.64. The first kappa shape index (κ1) is 16.2. The lowest BCUT2D eigenvalue weighted by Gasteiger charge is -2.30. The van der Waals surface area contributed by atoms with Crippen LogP contribution >= 0.6 is 11.3 Å². The molecule has 1 saturated heterocycles. The minimum Gasteiger partial charge on any atom is -0.323 e. The number of nitrogens with zero attached hydrogens (tertiary/aromatic N) is 3. The fraction of sp³-hybridized carbons (Fsp3) is 0.429. The van der Waals surface area contributed by atoms with Crippen molar-refractivity contribution in [3.63, 3.8) is 0 Å². The Hall–Kier alpha value is -1.71. The third kappa shape index (κ3) is 3.46. The Kier molecular flexibility index (Phi) is 4.51. The summed E-state index contributed by atoms with van der Waals surface area (Å²) in [5.74, 6) is -0.511. The predicted molar refractivity (Wildman–Crippen MR) is 87.6 cm³/mol. The number of piperidine rings is 1. The molecule has 1 N–H and O–H groups in total. The van der Waals surface area contributed by atoms with Gasteiger partial charge >= 0.3 is 0 Å². The van der Waals surface area contributed by atoms with Crippen LogP contribution in [0.25, 0.3) is 0 Å². The first-order valence-electron chi connectivity index (χ1n) is 7.30. The molecule has 0 aromatic carbocycles. The zero-order chi connectivity index (χ0) is 16.4. The minimum atomic E-state index is -3.50. The van der Waals surface area contributed by atoms with Crippen LogP contribution in [0.5, 0.6) is 0 Å². The van der Waals surface area contributed by atoms with E-state index in [0.29, 0.717) is 29.3 Å². The van der Waals surface area contributed by atoms with E-state index in [1.165, 1.54) is 15.6 Å². The van der Waals surface area contributed by atoms with Crippen molar-refractivity contribution in [3.05, 3.63) is 29.9 Å². The molecule has 7 nitrogen and oxygen atoms in total. The predicted octanol–water partition coefficient (Wildman–Crippen LogP) is 1.52. The average Bonchev–Trinajstić information content (AvgIpc) is 3.19. The van der Waals surface area contributed by atoms with E-state index in [0.717, 1.165) is 0 Å². The summed E-state index contributed by atoms with van der Waals surface area (Å²) in [4.78, 5) is 12.4. The van der Waals surface area contributed by atoms with E-state index in [1.807, 2.05) is 0 Å². The Balaban J connectivity index is 1.69. The largest absolute Gasteiger partial charge is 0.323 e. The summed E-state index contributed by atoms with van der Waals surface area (Å²) in [6, 6.07) is 3.31. The van der Waals surface area contributed by atoms with Crippen molar-refractivity contribution in [1.82, 2.24) is 14.1 Å². The Morgan fingerprint density at radius 1 is 1.48 bits per heavy atom. The maximum atomic E-state index is 12.6. The number of thiophene rings is 1. The number of nitrogens with one attached hydrogen (secondary N) is 1. The van der Waals surface area contributed by atoms with Gasteiger partial charge in [-0.2, -0.15) is 9.40 Å². The second-order valence-electron chi connectivity index (χ2n) is 5.53. The van der Waals surface area contributed by atoms with Gasteiger partial charge in [-0.05, 0) is 24.3 Å². The summed E-state index contributed by atoms with van der Waals surface area (Å²) >= 11 is 1.20. The highest BCUT2D eigenvalue weighted by Crippen LogP contribution is 2.26. The van der Waals surface area contributed by atoms with Crippen molar-refractivity contribution in [2.45, 2.75) is 17.1 Å². The minimum absolute atomic E-state index is 0.163. The molecule has 1 atom stereocenters. The van der Waals surface area contributed by atoms with Crippen molar-refractivity contribution in [3.8, 4) is 0 Å². The molecular formula is C14H18N4O3S2. The van der Waals surface area contributed by atoms with Gasteiger partial charge in [0, 0.05) is 26.3 Å². The van der Waals surface area contributed by atoms with E-state index >= 15 is 0 Å². The SMILES string of the molecule is Cn1cc(NC(=O)[C@@H]2CCCN(S(=O)(=O)c3cccs3)C2)cn1. The van der Waals surface area contributed by atoms with Gasteiger partial charge in [0.05, 0.1) is 17.8 Å². The van der Waals surface area contributed by atoms with Gasteiger partial charge in [-0.25, -0.2) is 8.42 Å². The van der Waals surface area contributed by atoms with Crippen LogP contribution < -0.4 is 5.32 Å². The number of anilines is 1. The molecule has 9 heteroatoms. The van der Waals surface area contributed by atoms with Crippen LogP contribution in [0, 0.1) is 5.92 Å². The van der Waals surface area contributed by atoms with Crippen LogP contribution in [0.1, 0.15) is 12.8 Å². The summed E-state index contributed by atoms with van der Waals surface area (Å²) in [7, 11) is -1.73. The van der Waals surface area contributed by atoms with Crippen molar-refractivity contribution in [2.24, 2.45) is 13.0 Å². The molecule has 2 aromatic heterocycles. The number of carbonyl (C=O) groups is 1. The smallest absolute Gasteiger partial charge is 0.252 e. The van der Waals surface area contributed by atoms with Gasteiger partial charge in [-0.3, -0.25) is 9.48 Å². The molecule has 3 rings (SSSR count). The summed E-state index contributed by atoms with van der Waals surface area (Å²) in [5, 5.41) is 8.54. The second-order valence-corrected chi connectivity index (χ2v) is 8.64. The number of amides is 1. The van der Waals surface area contributed by atoms with E-state index in [-0.39, 0.29) is 18.4 Å². The normalized spacial score (nSPS) is 19.6. The number of sulfonamides is 1. The topological polar surface area (TPSA) is 84.3 Å². The van der Waals surface area contributed by atoms with Crippen LogP contribution in [-0.4, -0.2) is 41.5 Å². The van der Waals surface area contributed by atoms with E-state index < -0.39 is 10.0 Å². The Labute approximate surface area is 139 Å². The molecule has 3 heterocycles. The molecule has 1 amide bonds. The summed E-state index contributed by atoms with van der Waals surface area (Å²) in [5.41, 5.74) is 0.621. The summed E-state index contributed by atoms with van der Waals surface area (Å²) < 4.78 is 28.5. The van der Waals surface area contributed by atoms with Gasteiger partial charge in [0.15, 0.2) is 0 Å². The number of hydrogen-bond acceptors (Lipinski definition) is 5. The third-order valence-corrected chi connectivity index (χ3v) is 7.05. The maximum Gasteiger partial charge on any atom is 0.252 e. The maximum absolute atomic E-state index is 12.6. The molecule has 23 heavy (non-hydrogen) atoms. The molecule has 0 spiro atoms. The van der Waals surface area contributed by atoms with Crippen LogP contribution in [-0.2, 0) is 21.9 Å². The van der Waals surface area contributed by atoms with Gasteiger partial charge < -0.3 is 5.32 Å². The van der Waals surface area contributed by atoms with E-state index in [4.69, 9.17) is 0 Å². The van der Waals surface area contributed by atoms with Crippen LogP contribution in [0.3, 0.4) is 0 Å². The molecule has 0 aliphatic carbocycles. The molecular weight excluding hydrogens is 336 g/mol. The first-order valence-corrected chi connectivity index (χ1v) is 9.62. The van der Waals surface area contributed by atoms with E-state index in [9.17, 15) is 13.2 Å². The van der Waals surface area contributed by atoms with Gasteiger partial charge in [0.2, 0.25) is 5.91 Å². The Morgan fingerprint density at radius 2 is 2.30 bits per heavy atom. The fourth-order valence-electron chi connectivity index (χ4n) is 2.64. The molecule has 1 aliphatic heterocycles. The highest BCUT2D eigenvalue weighted by Gasteiger charge is 2.33. The highest BCUT2D eigenvalue weighted by molar-refractivity contribution is 7.91. The Bertz CT molecular complexity index is 783. The lowest BCUT2D eigenvalue weighted by atomic mass is 9.99. The summed E-state index contributed by atoms with van der Waals surface area (Å²) in [6.45, 7) is 0.670. The number of aromatic nitrogens is 2. The first-order chi connectivity index (χ1) is 11.0. The molecule has 0 bridgehead atoms. The Morgan fingerprint density at radius 3 is 2.96 bits per heavy atom. The number of carbonyl (C=O) groups excluding carboxylic acids is 1.